The third-order valence-electron chi connectivity index (χ3n) is 2.58. The van der Waals surface area contributed by atoms with E-state index in [2.05, 4.69) is 20.0 Å². The molecule has 0 fully saturated rings. The normalized spacial score (nSPS) is 10.2. The molecule has 0 bridgehead atoms. The molecular formula is C13H14ClN5O2. The third-order valence-corrected chi connectivity index (χ3v) is 2.81. The second kappa shape index (κ2) is 6.96. The van der Waals surface area contributed by atoms with Gasteiger partial charge in [0.1, 0.15) is 5.69 Å². The number of ether oxygens (including phenoxy) is 1. The average Bonchev–Trinajstić information content (AvgIpc) is 3.12. The van der Waals surface area contributed by atoms with Crippen LogP contribution in [-0.4, -0.2) is 44.4 Å². The average molecular weight is 308 g/mol. The van der Waals surface area contributed by atoms with Crippen LogP contribution >= 0.6 is 11.6 Å². The first-order chi connectivity index (χ1) is 10.2. The summed E-state index contributed by atoms with van der Waals surface area (Å²) in [7, 11) is 1.68. The van der Waals surface area contributed by atoms with E-state index in [0.717, 1.165) is 6.61 Å². The largest absolute Gasteiger partial charge is 0.385 e. The lowest BCUT2D eigenvalue weighted by atomic mass is 10.5. The lowest BCUT2D eigenvalue weighted by Crippen LogP contribution is -2.01. The number of methoxy groups -OCH3 is 1. The van der Waals surface area contributed by atoms with Crippen molar-refractivity contribution in [2.24, 2.45) is 0 Å². The molecule has 0 atom stereocenters. The number of carbonyl (C=O) groups excluding carboxylic acids is 1. The van der Waals surface area contributed by atoms with Gasteiger partial charge in [-0.15, -0.1) is 10.2 Å². The third kappa shape index (κ3) is 3.45. The Morgan fingerprint density at radius 1 is 1.33 bits per heavy atom. The van der Waals surface area contributed by atoms with Crippen LogP contribution in [0.1, 0.15) is 17.4 Å². The van der Waals surface area contributed by atoms with Gasteiger partial charge in [-0.3, -0.25) is 9.20 Å². The van der Waals surface area contributed by atoms with Crippen LogP contribution < -0.4 is 0 Å². The highest BCUT2D eigenvalue weighted by atomic mass is 35.5. The maximum Gasteiger partial charge on any atom is 0.256 e. The Morgan fingerprint density at radius 2 is 2.10 bits per heavy atom. The molecule has 3 rings (SSSR count). The summed E-state index contributed by atoms with van der Waals surface area (Å²) in [6, 6.07) is 5.03. The zero-order valence-electron chi connectivity index (χ0n) is 11.6. The molecule has 0 unspecified atom stereocenters. The molecule has 0 saturated carbocycles. The predicted octanol–water partition coefficient (Wildman–Crippen LogP) is 2.03. The van der Waals surface area contributed by atoms with Crippen molar-refractivity contribution in [3.8, 4) is 5.95 Å². The summed E-state index contributed by atoms with van der Waals surface area (Å²) in [5.74, 6) is 0.504. The molecule has 21 heavy (non-hydrogen) atoms. The molecular weight excluding hydrogens is 294 g/mol. The van der Waals surface area contributed by atoms with Gasteiger partial charge in [0.25, 0.3) is 5.95 Å². The summed E-state index contributed by atoms with van der Waals surface area (Å²) < 4.78 is 7.76. The number of aromatic nitrogens is 5. The zero-order valence-corrected chi connectivity index (χ0v) is 12.4. The predicted molar refractivity (Wildman–Crippen MR) is 78.1 cm³/mol. The van der Waals surface area contributed by atoms with Crippen LogP contribution in [0.5, 0.6) is 0 Å². The fourth-order valence-corrected chi connectivity index (χ4v) is 1.68. The molecule has 110 valence electrons. The molecule has 0 aliphatic rings. The zero-order chi connectivity index (χ0) is 15.2. The number of hydrogen-bond donors (Lipinski definition) is 0. The molecule has 3 heterocycles. The summed E-state index contributed by atoms with van der Waals surface area (Å²) in [5.41, 5.74) is 0.964. The van der Waals surface area contributed by atoms with Gasteiger partial charge in [0.2, 0.25) is 0 Å². The van der Waals surface area contributed by atoms with E-state index in [1.807, 2.05) is 6.92 Å². The van der Waals surface area contributed by atoms with Crippen LogP contribution in [0.3, 0.4) is 0 Å². The minimum atomic E-state index is 0.343. The highest BCUT2D eigenvalue weighted by molar-refractivity contribution is 6.30. The van der Waals surface area contributed by atoms with E-state index in [9.17, 15) is 4.79 Å². The van der Waals surface area contributed by atoms with Crippen LogP contribution in [0, 0.1) is 0 Å². The second-order valence-corrected chi connectivity index (χ2v) is 4.39. The fourth-order valence-electron chi connectivity index (χ4n) is 1.52. The van der Waals surface area contributed by atoms with E-state index >= 15 is 0 Å². The van der Waals surface area contributed by atoms with E-state index in [1.54, 1.807) is 42.1 Å². The highest BCUT2D eigenvalue weighted by Gasteiger charge is 2.08. The fraction of sp³-hybridized carbons (Fsp3) is 0.231. The molecule has 0 aliphatic heterocycles. The van der Waals surface area contributed by atoms with Crippen LogP contribution in [-0.2, 0) is 4.74 Å². The van der Waals surface area contributed by atoms with Crippen molar-refractivity contribution < 1.29 is 9.53 Å². The van der Waals surface area contributed by atoms with Crippen molar-refractivity contribution in [3.05, 3.63) is 41.3 Å². The van der Waals surface area contributed by atoms with Crippen LogP contribution in [0.4, 0.5) is 0 Å². The number of nitrogens with zero attached hydrogens (tertiary/aromatic N) is 5. The van der Waals surface area contributed by atoms with Gasteiger partial charge in [-0.05, 0) is 19.1 Å². The van der Waals surface area contributed by atoms with Gasteiger partial charge >= 0.3 is 0 Å². The Hall–Kier alpha value is -2.25. The van der Waals surface area contributed by atoms with Crippen molar-refractivity contribution in [1.82, 2.24) is 24.4 Å². The molecule has 0 radical (unpaired) electrons. The molecule has 0 N–H and O–H groups in total. The first-order valence-electron chi connectivity index (χ1n) is 6.20. The number of fused-ring (bicyclic) bond motifs is 1. The Morgan fingerprint density at radius 3 is 2.71 bits per heavy atom. The van der Waals surface area contributed by atoms with Gasteiger partial charge in [0.05, 0.1) is 0 Å². The standard InChI is InChI=1S/C10H6ClN5O.C3H8O/c11-7-1-3-15-9(5-7)12-13-10(15)16-4-2-8(6-17)14-16;1-3-4-2/h1-6H;3H2,1-2H3. The number of rotatable bonds is 3. The Balaban J connectivity index is 0.000000361. The monoisotopic (exact) mass is 307 g/mol. The maximum absolute atomic E-state index is 10.6. The van der Waals surface area contributed by atoms with Crippen molar-refractivity contribution in [3.63, 3.8) is 0 Å². The summed E-state index contributed by atoms with van der Waals surface area (Å²) >= 11 is 5.85. The summed E-state index contributed by atoms with van der Waals surface area (Å²) in [4.78, 5) is 10.6. The van der Waals surface area contributed by atoms with Gasteiger partial charge in [-0.2, -0.15) is 5.10 Å². The molecule has 0 aliphatic carbocycles. The molecule has 7 nitrogen and oxygen atoms in total. The molecule has 3 aromatic rings. The molecule has 8 heteroatoms. The van der Waals surface area contributed by atoms with Crippen molar-refractivity contribution in [1.29, 1.82) is 0 Å². The Kier molecular flexibility index (Phi) is 5.02. The molecule has 0 spiro atoms. The minimum absolute atomic E-state index is 0.343. The number of carbonyl (C=O) groups is 1. The van der Waals surface area contributed by atoms with Gasteiger partial charge in [-0.25, -0.2) is 4.68 Å². The topological polar surface area (TPSA) is 74.3 Å². The van der Waals surface area contributed by atoms with Crippen molar-refractivity contribution >= 4 is 23.5 Å². The molecule has 3 aromatic heterocycles. The number of aldehydes is 1. The SMILES string of the molecule is CCOC.O=Cc1ccn(-c2nnc3cc(Cl)ccn23)n1. The molecule has 0 saturated heterocycles. The number of hydrogen-bond acceptors (Lipinski definition) is 5. The van der Waals surface area contributed by atoms with E-state index in [4.69, 9.17) is 11.6 Å². The van der Waals surface area contributed by atoms with Gasteiger partial charge in [0.15, 0.2) is 11.9 Å². The van der Waals surface area contributed by atoms with E-state index < -0.39 is 0 Å². The summed E-state index contributed by atoms with van der Waals surface area (Å²) in [6.07, 6.45) is 4.07. The number of halogens is 1. The lowest BCUT2D eigenvalue weighted by Gasteiger charge is -1.98. The van der Waals surface area contributed by atoms with E-state index in [0.29, 0.717) is 28.6 Å². The lowest BCUT2D eigenvalue weighted by molar-refractivity contribution is 0.111. The van der Waals surface area contributed by atoms with E-state index in [-0.39, 0.29) is 0 Å². The first-order valence-corrected chi connectivity index (χ1v) is 6.57. The van der Waals surface area contributed by atoms with Crippen LogP contribution in [0.25, 0.3) is 11.6 Å². The summed E-state index contributed by atoms with van der Waals surface area (Å²) in [6.45, 7) is 2.78. The highest BCUT2D eigenvalue weighted by Crippen LogP contribution is 2.13. The van der Waals surface area contributed by atoms with E-state index in [1.165, 1.54) is 4.68 Å². The van der Waals surface area contributed by atoms with Gasteiger partial charge < -0.3 is 4.74 Å². The smallest absolute Gasteiger partial charge is 0.256 e. The van der Waals surface area contributed by atoms with Gasteiger partial charge in [-0.1, -0.05) is 11.6 Å². The van der Waals surface area contributed by atoms with Crippen molar-refractivity contribution in [2.45, 2.75) is 6.92 Å². The van der Waals surface area contributed by atoms with Gasteiger partial charge in [0, 0.05) is 37.2 Å². The first kappa shape index (κ1) is 15.1. The molecule has 0 amide bonds. The Bertz CT molecular complexity index is 735. The quantitative estimate of drug-likeness (QED) is 0.692. The van der Waals surface area contributed by atoms with Crippen LogP contribution in [0.15, 0.2) is 30.6 Å². The molecule has 0 aromatic carbocycles. The second-order valence-electron chi connectivity index (χ2n) is 3.95. The maximum atomic E-state index is 10.6. The number of pyridine rings is 1. The Labute approximate surface area is 126 Å². The van der Waals surface area contributed by atoms with Crippen LogP contribution in [0.2, 0.25) is 5.02 Å². The minimum Gasteiger partial charge on any atom is -0.385 e. The summed E-state index contributed by atoms with van der Waals surface area (Å²) in [5, 5.41) is 12.6. The van der Waals surface area contributed by atoms with Crippen molar-refractivity contribution in [2.75, 3.05) is 13.7 Å².